The van der Waals surface area contributed by atoms with Crippen LogP contribution in [0.2, 0.25) is 0 Å². The Morgan fingerprint density at radius 1 is 0.971 bits per heavy atom. The number of carbonyl (C=O) groups excluding carboxylic acids is 1. The van der Waals surface area contributed by atoms with E-state index in [-0.39, 0.29) is 11.7 Å². The number of hydrogen-bond acceptors (Lipinski definition) is 8. The van der Waals surface area contributed by atoms with Crippen molar-refractivity contribution in [2.45, 2.75) is 5.16 Å². The molecule has 0 fully saturated rings. The maximum atomic E-state index is 12.7. The molecule has 0 atom stereocenters. The molecule has 172 valence electrons. The lowest BCUT2D eigenvalue weighted by Crippen LogP contribution is -2.14. The van der Waals surface area contributed by atoms with Gasteiger partial charge in [0.05, 0.1) is 27.2 Å². The molecule has 6 aromatic rings. The summed E-state index contributed by atoms with van der Waals surface area (Å²) in [6, 6.07) is 23.2. The summed E-state index contributed by atoms with van der Waals surface area (Å²) in [5.41, 5.74) is 3.27. The molecule has 3 heterocycles. The number of nitrogens with zero attached hydrogens (tertiary/aromatic N) is 7. The van der Waals surface area contributed by atoms with E-state index in [9.17, 15) is 4.79 Å². The molecule has 0 aliphatic carbocycles. The number of carbonyl (C=O) groups is 1. The second-order valence-electron chi connectivity index (χ2n) is 7.41. The zero-order valence-corrected chi connectivity index (χ0v) is 21.1. The van der Waals surface area contributed by atoms with Crippen molar-refractivity contribution in [2.24, 2.45) is 0 Å². The summed E-state index contributed by atoms with van der Waals surface area (Å²) in [5.74, 6) is 0.455. The number of thioether (sulfide) groups is 1. The van der Waals surface area contributed by atoms with E-state index in [4.69, 9.17) is 0 Å². The molecule has 0 radical (unpaired) electrons. The third-order valence-corrected chi connectivity index (χ3v) is 7.46. The minimum atomic E-state index is -0.177. The molecular weight excluding hydrogens is 548 g/mol. The number of para-hydroxylation sites is 2. The Balaban J connectivity index is 1.28. The SMILES string of the molecule is O=C(CSc1nnc(-n2nnc3ccccc32)n1-c1ccccc1)Nc1nc2ccc(Br)cc2s1. The van der Waals surface area contributed by atoms with E-state index in [2.05, 4.69) is 46.7 Å². The fraction of sp³-hybridized carbons (Fsp3) is 0.0435. The van der Waals surface area contributed by atoms with Gasteiger partial charge in [-0.15, -0.1) is 15.3 Å². The number of benzene rings is 3. The van der Waals surface area contributed by atoms with E-state index in [0.717, 1.165) is 31.4 Å². The molecule has 3 aromatic heterocycles. The van der Waals surface area contributed by atoms with Crippen molar-refractivity contribution in [1.29, 1.82) is 0 Å². The van der Waals surface area contributed by atoms with Crippen LogP contribution in [0.1, 0.15) is 0 Å². The highest BCUT2D eigenvalue weighted by atomic mass is 79.9. The van der Waals surface area contributed by atoms with Gasteiger partial charge < -0.3 is 5.32 Å². The van der Waals surface area contributed by atoms with Crippen LogP contribution in [-0.4, -0.2) is 46.4 Å². The summed E-state index contributed by atoms with van der Waals surface area (Å²) in [7, 11) is 0. The predicted octanol–water partition coefficient (Wildman–Crippen LogP) is 5.10. The van der Waals surface area contributed by atoms with Gasteiger partial charge in [-0.2, -0.15) is 4.68 Å². The average Bonchev–Trinajstić information content (AvgIpc) is 3.59. The lowest BCUT2D eigenvalue weighted by molar-refractivity contribution is -0.113. The van der Waals surface area contributed by atoms with Crippen molar-refractivity contribution < 1.29 is 4.79 Å². The van der Waals surface area contributed by atoms with Gasteiger partial charge in [-0.25, -0.2) is 4.98 Å². The molecular formula is C23H15BrN8OS2. The first-order valence-corrected chi connectivity index (χ1v) is 13.1. The van der Waals surface area contributed by atoms with E-state index in [0.29, 0.717) is 16.2 Å². The van der Waals surface area contributed by atoms with Crippen LogP contribution in [0.15, 0.2) is 82.4 Å². The van der Waals surface area contributed by atoms with Crippen molar-refractivity contribution in [3.05, 3.63) is 77.3 Å². The van der Waals surface area contributed by atoms with Crippen molar-refractivity contribution in [3.8, 4) is 11.6 Å². The van der Waals surface area contributed by atoms with Gasteiger partial charge in [0, 0.05) is 4.47 Å². The smallest absolute Gasteiger partial charge is 0.259 e. The number of amides is 1. The third kappa shape index (κ3) is 4.31. The zero-order valence-electron chi connectivity index (χ0n) is 17.9. The summed E-state index contributed by atoms with van der Waals surface area (Å²) in [4.78, 5) is 17.2. The van der Waals surface area contributed by atoms with Crippen LogP contribution in [0.5, 0.6) is 0 Å². The molecule has 35 heavy (non-hydrogen) atoms. The Bertz CT molecular complexity index is 1680. The fourth-order valence-electron chi connectivity index (χ4n) is 3.55. The van der Waals surface area contributed by atoms with E-state index < -0.39 is 0 Å². The number of hydrogen-bond donors (Lipinski definition) is 1. The highest BCUT2D eigenvalue weighted by Crippen LogP contribution is 2.29. The molecule has 0 unspecified atom stereocenters. The normalized spacial score (nSPS) is 11.3. The number of halogens is 1. The second-order valence-corrected chi connectivity index (χ2v) is 10.3. The molecule has 0 aliphatic rings. The topological polar surface area (TPSA) is 103 Å². The molecule has 0 bridgehead atoms. The Morgan fingerprint density at radius 3 is 2.69 bits per heavy atom. The monoisotopic (exact) mass is 562 g/mol. The molecule has 1 amide bonds. The van der Waals surface area contributed by atoms with Crippen molar-refractivity contribution in [2.75, 3.05) is 11.1 Å². The van der Waals surface area contributed by atoms with Gasteiger partial charge in [0.1, 0.15) is 5.52 Å². The zero-order chi connectivity index (χ0) is 23.8. The fourth-order valence-corrected chi connectivity index (χ4v) is 5.73. The summed E-state index contributed by atoms with van der Waals surface area (Å²) in [6.07, 6.45) is 0. The van der Waals surface area contributed by atoms with E-state index in [1.807, 2.05) is 77.4 Å². The van der Waals surface area contributed by atoms with Gasteiger partial charge in [-0.1, -0.05) is 74.6 Å². The second kappa shape index (κ2) is 9.21. The van der Waals surface area contributed by atoms with E-state index in [1.54, 1.807) is 4.68 Å². The molecule has 0 saturated carbocycles. The highest BCUT2D eigenvalue weighted by Gasteiger charge is 2.20. The van der Waals surface area contributed by atoms with Gasteiger partial charge in [0.15, 0.2) is 10.3 Å². The quantitative estimate of drug-likeness (QED) is 0.281. The van der Waals surface area contributed by atoms with E-state index >= 15 is 0 Å². The lowest BCUT2D eigenvalue weighted by atomic mass is 10.3. The Morgan fingerprint density at radius 2 is 1.80 bits per heavy atom. The predicted molar refractivity (Wildman–Crippen MR) is 140 cm³/mol. The minimum Gasteiger partial charge on any atom is -0.301 e. The number of anilines is 1. The average molecular weight is 563 g/mol. The van der Waals surface area contributed by atoms with Crippen molar-refractivity contribution in [1.82, 2.24) is 34.7 Å². The summed E-state index contributed by atoms with van der Waals surface area (Å²) in [6.45, 7) is 0. The number of aromatic nitrogens is 7. The molecule has 6 rings (SSSR count). The number of thiazole rings is 1. The number of nitrogens with one attached hydrogen (secondary N) is 1. The van der Waals surface area contributed by atoms with Crippen LogP contribution in [-0.2, 0) is 4.79 Å². The Labute approximate surface area is 215 Å². The van der Waals surface area contributed by atoms with Gasteiger partial charge >= 0.3 is 0 Å². The first kappa shape index (κ1) is 21.9. The largest absolute Gasteiger partial charge is 0.301 e. The van der Waals surface area contributed by atoms with Gasteiger partial charge in [0.2, 0.25) is 5.91 Å². The first-order valence-electron chi connectivity index (χ1n) is 10.5. The molecule has 9 nitrogen and oxygen atoms in total. The van der Waals surface area contributed by atoms with Crippen molar-refractivity contribution >= 4 is 71.3 Å². The summed E-state index contributed by atoms with van der Waals surface area (Å²) >= 11 is 6.18. The highest BCUT2D eigenvalue weighted by molar-refractivity contribution is 9.10. The van der Waals surface area contributed by atoms with Crippen LogP contribution in [0.3, 0.4) is 0 Å². The standard InChI is InChI=1S/C23H15BrN8OS2/c24-14-10-11-17-19(12-14)35-21(25-17)26-20(33)13-34-23-29-28-22(31(23)15-6-2-1-3-7-15)32-18-9-5-4-8-16(18)27-30-32/h1-12H,13H2,(H,25,26,33). The van der Waals surface area contributed by atoms with Gasteiger partial charge in [-0.3, -0.25) is 9.36 Å². The summed E-state index contributed by atoms with van der Waals surface area (Å²) < 4.78 is 5.49. The summed E-state index contributed by atoms with van der Waals surface area (Å²) in [5, 5.41) is 21.3. The maximum absolute atomic E-state index is 12.7. The molecule has 0 aliphatic heterocycles. The minimum absolute atomic E-state index is 0.142. The number of rotatable bonds is 6. The van der Waals surface area contributed by atoms with Gasteiger partial charge in [-0.05, 0) is 42.5 Å². The van der Waals surface area contributed by atoms with E-state index in [1.165, 1.54) is 23.1 Å². The Hall–Kier alpha value is -3.61. The van der Waals surface area contributed by atoms with Crippen LogP contribution >= 0.6 is 39.0 Å². The maximum Gasteiger partial charge on any atom is 0.259 e. The van der Waals surface area contributed by atoms with Crippen LogP contribution < -0.4 is 5.32 Å². The van der Waals surface area contributed by atoms with Crippen LogP contribution in [0.25, 0.3) is 32.9 Å². The molecule has 0 saturated heterocycles. The molecule has 1 N–H and O–H groups in total. The molecule has 12 heteroatoms. The molecule has 3 aromatic carbocycles. The van der Waals surface area contributed by atoms with Crippen LogP contribution in [0, 0.1) is 0 Å². The Kier molecular flexibility index (Phi) is 5.76. The number of fused-ring (bicyclic) bond motifs is 2. The van der Waals surface area contributed by atoms with Crippen LogP contribution in [0.4, 0.5) is 5.13 Å². The van der Waals surface area contributed by atoms with Gasteiger partial charge in [0.25, 0.3) is 5.95 Å². The molecule has 0 spiro atoms. The lowest BCUT2D eigenvalue weighted by Gasteiger charge is -2.10. The first-order chi connectivity index (χ1) is 17.2. The van der Waals surface area contributed by atoms with Crippen molar-refractivity contribution in [3.63, 3.8) is 0 Å². The third-order valence-electron chi connectivity index (χ3n) is 5.10.